The van der Waals surface area contributed by atoms with Crippen LogP contribution in [0.25, 0.3) is 21.9 Å². The van der Waals surface area contributed by atoms with Crippen molar-refractivity contribution in [2.75, 3.05) is 31.0 Å². The number of aromatic nitrogens is 3. The Hall–Kier alpha value is -1.96. The molecule has 1 spiro atoms. The molecule has 190 valence electrons. The number of rotatable bonds is 9. The molecule has 1 saturated heterocycles. The fourth-order valence-electron chi connectivity index (χ4n) is 7.15. The molecule has 1 aliphatic heterocycles. The summed E-state index contributed by atoms with van der Waals surface area (Å²) in [6.45, 7) is 16.9. The first kappa shape index (κ1) is 24.7. The molecular weight excluding hydrogens is 452 g/mol. The molecule has 3 aromatic heterocycles. The Bertz CT molecular complexity index is 1170. The summed E-state index contributed by atoms with van der Waals surface area (Å²) in [6, 6.07) is 6.42. The number of fused-ring (bicyclic) bond motifs is 3. The van der Waals surface area contributed by atoms with Gasteiger partial charge in [-0.2, -0.15) is 0 Å². The van der Waals surface area contributed by atoms with Gasteiger partial charge in [-0.3, -0.25) is 4.98 Å². The third-order valence-electron chi connectivity index (χ3n) is 9.29. The van der Waals surface area contributed by atoms with Crippen LogP contribution in [0.5, 0.6) is 0 Å². The van der Waals surface area contributed by atoms with Gasteiger partial charge in [0.1, 0.15) is 18.3 Å². The Kier molecular flexibility index (Phi) is 6.47. The highest BCUT2D eigenvalue weighted by Crippen LogP contribution is 2.51. The normalized spacial score (nSPS) is 18.4. The van der Waals surface area contributed by atoms with Crippen LogP contribution in [0.1, 0.15) is 54.4 Å². The monoisotopic (exact) mass is 494 g/mol. The van der Waals surface area contributed by atoms with Crippen LogP contribution in [0.4, 0.5) is 5.82 Å². The van der Waals surface area contributed by atoms with Crippen molar-refractivity contribution in [3.8, 4) is 0 Å². The number of hydrogen-bond acceptors (Lipinski definition) is 5. The van der Waals surface area contributed by atoms with Crippen LogP contribution in [0.3, 0.4) is 0 Å². The van der Waals surface area contributed by atoms with E-state index in [4.69, 9.17) is 14.5 Å². The lowest BCUT2D eigenvalue weighted by Gasteiger charge is -2.59. The molecule has 0 amide bonds. The average Bonchev–Trinajstić information content (AvgIpc) is 3.04. The first-order valence-corrected chi connectivity index (χ1v) is 15.7. The van der Waals surface area contributed by atoms with Gasteiger partial charge in [-0.15, -0.1) is 0 Å². The smallest absolute Gasteiger partial charge is 0.146 e. The summed E-state index contributed by atoms with van der Waals surface area (Å²) in [7, 11) is 0.570. The van der Waals surface area contributed by atoms with Crippen molar-refractivity contribution in [3.05, 3.63) is 30.6 Å². The summed E-state index contributed by atoms with van der Waals surface area (Å²) in [4.78, 5) is 11.7. The third kappa shape index (κ3) is 4.09. The van der Waals surface area contributed by atoms with Gasteiger partial charge in [0.25, 0.3) is 0 Å². The number of hydrogen-bond donors (Lipinski definition) is 0. The molecule has 0 aromatic carbocycles. The standard InChI is InChI=1S/C28H42N4O2Si/c1-19(2)35(20(3)4,21(5)6)18-33-17-34-22-12-28(13-22)15-32(16-28)26-9-8-23-24-14-29-11-10-25(24)31(7)27(23)30-26/h8-11,14,19-22H,12-13,15-18H2,1-7H3. The second-order valence-corrected chi connectivity index (χ2v) is 18.1. The molecule has 6 nitrogen and oxygen atoms in total. The molecule has 35 heavy (non-hydrogen) atoms. The van der Waals surface area contributed by atoms with Gasteiger partial charge >= 0.3 is 0 Å². The average molecular weight is 495 g/mol. The summed E-state index contributed by atoms with van der Waals surface area (Å²) >= 11 is 0. The second-order valence-electron chi connectivity index (χ2n) is 12.1. The first-order valence-electron chi connectivity index (χ1n) is 13.3. The van der Waals surface area contributed by atoms with Crippen molar-refractivity contribution in [3.63, 3.8) is 0 Å². The van der Waals surface area contributed by atoms with Gasteiger partial charge < -0.3 is 18.9 Å². The third-order valence-corrected chi connectivity index (χ3v) is 16.4. The van der Waals surface area contributed by atoms with Crippen molar-refractivity contribution >= 4 is 35.8 Å². The van der Waals surface area contributed by atoms with Gasteiger partial charge in [-0.05, 0) is 47.7 Å². The fourth-order valence-corrected chi connectivity index (χ4v) is 12.6. The topological polar surface area (TPSA) is 52.4 Å². The first-order chi connectivity index (χ1) is 16.7. The SMILES string of the molecule is CC(C)[Si](COCOC1CC2(C1)CN(c1ccc3c4cnccc4n(C)c3n1)C2)(C(C)C)C(C)C. The van der Waals surface area contributed by atoms with Gasteiger partial charge in [-0.25, -0.2) is 4.98 Å². The van der Waals surface area contributed by atoms with Crippen LogP contribution < -0.4 is 4.90 Å². The van der Waals surface area contributed by atoms with Gasteiger partial charge in [-0.1, -0.05) is 41.5 Å². The Morgan fingerprint density at radius 3 is 2.34 bits per heavy atom. The highest BCUT2D eigenvalue weighted by Gasteiger charge is 2.53. The molecular formula is C28H42N4O2Si. The highest BCUT2D eigenvalue weighted by molar-refractivity contribution is 6.83. The second kappa shape index (κ2) is 9.16. The molecule has 1 saturated carbocycles. The highest BCUT2D eigenvalue weighted by atomic mass is 28.3. The van der Waals surface area contributed by atoms with Crippen molar-refractivity contribution in [1.82, 2.24) is 14.5 Å². The van der Waals surface area contributed by atoms with Gasteiger partial charge in [0.2, 0.25) is 0 Å². The number of aryl methyl sites for hydroxylation is 1. The van der Waals surface area contributed by atoms with Crippen molar-refractivity contribution < 1.29 is 9.47 Å². The zero-order chi connectivity index (χ0) is 25.0. The fraction of sp³-hybridized carbons (Fsp3) is 0.643. The van der Waals surface area contributed by atoms with Gasteiger partial charge in [0.15, 0.2) is 0 Å². The van der Waals surface area contributed by atoms with Crippen LogP contribution in [0, 0.1) is 5.41 Å². The maximum absolute atomic E-state index is 6.19. The summed E-state index contributed by atoms with van der Waals surface area (Å²) < 4.78 is 14.5. The molecule has 4 heterocycles. The Labute approximate surface area is 211 Å². The largest absolute Gasteiger partial charge is 0.359 e. The minimum atomic E-state index is -1.52. The molecule has 2 aliphatic rings. The molecule has 2 fully saturated rings. The summed E-state index contributed by atoms with van der Waals surface area (Å²) in [6.07, 6.45) is 7.30. The molecule has 7 heteroatoms. The van der Waals surface area contributed by atoms with Crippen LogP contribution in [-0.2, 0) is 16.5 Å². The van der Waals surface area contributed by atoms with E-state index in [2.05, 4.69) is 81.2 Å². The minimum Gasteiger partial charge on any atom is -0.359 e. The van der Waals surface area contributed by atoms with E-state index in [1.807, 2.05) is 12.4 Å². The zero-order valence-corrected chi connectivity index (χ0v) is 23.5. The van der Waals surface area contributed by atoms with E-state index >= 15 is 0 Å². The lowest BCUT2D eigenvalue weighted by atomic mass is 9.62. The van der Waals surface area contributed by atoms with Crippen LogP contribution >= 0.6 is 0 Å². The molecule has 0 unspecified atom stereocenters. The van der Waals surface area contributed by atoms with Gasteiger partial charge in [0.05, 0.1) is 19.7 Å². The quantitative estimate of drug-likeness (QED) is 0.198. The summed E-state index contributed by atoms with van der Waals surface area (Å²) in [5, 5.41) is 2.34. The van der Waals surface area contributed by atoms with E-state index in [1.165, 1.54) is 16.3 Å². The minimum absolute atomic E-state index is 0.339. The molecule has 1 aliphatic carbocycles. The van der Waals surface area contributed by atoms with Gasteiger partial charge in [0, 0.05) is 54.9 Å². The predicted molar refractivity (Wildman–Crippen MR) is 147 cm³/mol. The van der Waals surface area contributed by atoms with Crippen molar-refractivity contribution in [2.45, 2.75) is 77.1 Å². The molecule has 0 N–H and O–H groups in total. The summed E-state index contributed by atoms with van der Waals surface area (Å²) in [5.74, 6) is 1.08. The lowest BCUT2D eigenvalue weighted by molar-refractivity contribution is -0.151. The van der Waals surface area contributed by atoms with Crippen LogP contribution in [0.2, 0.25) is 16.6 Å². The van der Waals surface area contributed by atoms with Crippen LogP contribution in [-0.4, -0.2) is 54.8 Å². The number of nitrogens with zero attached hydrogens (tertiary/aromatic N) is 4. The Balaban J connectivity index is 1.12. The Morgan fingerprint density at radius 2 is 1.69 bits per heavy atom. The zero-order valence-electron chi connectivity index (χ0n) is 22.5. The number of pyridine rings is 2. The molecule has 5 rings (SSSR count). The van der Waals surface area contributed by atoms with E-state index in [1.54, 1.807) is 0 Å². The maximum atomic E-state index is 6.19. The Morgan fingerprint density at radius 1 is 1.00 bits per heavy atom. The molecule has 3 aromatic rings. The molecule has 0 bridgehead atoms. The number of ether oxygens (including phenoxy) is 2. The van der Waals surface area contributed by atoms with E-state index in [-0.39, 0.29) is 0 Å². The lowest BCUT2D eigenvalue weighted by Crippen LogP contribution is -2.64. The molecule has 0 radical (unpaired) electrons. The maximum Gasteiger partial charge on any atom is 0.146 e. The van der Waals surface area contributed by atoms with Crippen LogP contribution in [0.15, 0.2) is 30.6 Å². The van der Waals surface area contributed by atoms with E-state index in [9.17, 15) is 0 Å². The van der Waals surface area contributed by atoms with Crippen molar-refractivity contribution in [1.29, 1.82) is 0 Å². The predicted octanol–water partition coefficient (Wildman–Crippen LogP) is 6.30. The van der Waals surface area contributed by atoms with E-state index in [0.717, 1.165) is 43.6 Å². The van der Waals surface area contributed by atoms with E-state index in [0.29, 0.717) is 34.9 Å². The number of anilines is 1. The summed E-state index contributed by atoms with van der Waals surface area (Å²) in [5.41, 5.74) is 4.76. The molecule has 0 atom stereocenters. The van der Waals surface area contributed by atoms with E-state index < -0.39 is 8.07 Å². The van der Waals surface area contributed by atoms with Crippen molar-refractivity contribution in [2.24, 2.45) is 12.5 Å².